The maximum atomic E-state index is 12.6. The van der Waals surface area contributed by atoms with Gasteiger partial charge in [0.15, 0.2) is 0 Å². The molecule has 0 atom stereocenters. The third-order valence-corrected chi connectivity index (χ3v) is 5.44. The molecule has 0 aromatic carbocycles. The number of unbranched alkanes of at least 4 members (excludes halogenated alkanes) is 2. The fourth-order valence-corrected chi connectivity index (χ4v) is 4.34. The molecule has 1 aliphatic carbocycles. The second kappa shape index (κ2) is 9.21. The lowest BCUT2D eigenvalue weighted by atomic mass is 10.1. The minimum absolute atomic E-state index is 0.00143. The zero-order valence-corrected chi connectivity index (χ0v) is 15.9. The van der Waals surface area contributed by atoms with Crippen molar-refractivity contribution in [3.63, 3.8) is 0 Å². The third kappa shape index (κ3) is 5.07. The number of nitrogens with one attached hydrogen (secondary N) is 1. The molecule has 2 rings (SSSR count). The zero-order valence-electron chi connectivity index (χ0n) is 15.1. The maximum Gasteiger partial charge on any atom is 0.341 e. The molecular formula is C19H29NO3S. The molecule has 0 fully saturated rings. The number of amides is 1. The summed E-state index contributed by atoms with van der Waals surface area (Å²) in [6, 6.07) is 0. The van der Waals surface area contributed by atoms with Gasteiger partial charge in [-0.2, -0.15) is 0 Å². The molecule has 0 spiro atoms. The summed E-state index contributed by atoms with van der Waals surface area (Å²) in [5.41, 5.74) is 1.71. The van der Waals surface area contributed by atoms with Crippen molar-refractivity contribution in [3.8, 4) is 0 Å². The summed E-state index contributed by atoms with van der Waals surface area (Å²) >= 11 is 1.57. The Bertz CT molecular complexity index is 577. The Balaban J connectivity index is 2.22. The highest BCUT2D eigenvalue weighted by atomic mass is 32.1. The van der Waals surface area contributed by atoms with Gasteiger partial charge in [-0.25, -0.2) is 4.79 Å². The van der Waals surface area contributed by atoms with Crippen molar-refractivity contribution >= 4 is 28.2 Å². The lowest BCUT2D eigenvalue weighted by molar-refractivity contribution is -0.116. The summed E-state index contributed by atoms with van der Waals surface area (Å²) in [5.74, 6) is -0.299. The standard InChI is InChI=1S/C19H29NO3S/c1-4-5-7-12-16(21)20-18-17(19(22)23-13(2)3)14-10-8-6-9-11-15(14)24-18/h13H,4-12H2,1-3H3,(H,20,21). The van der Waals surface area contributed by atoms with Crippen LogP contribution in [0.4, 0.5) is 5.00 Å². The van der Waals surface area contributed by atoms with Crippen LogP contribution in [0.5, 0.6) is 0 Å². The van der Waals surface area contributed by atoms with E-state index >= 15 is 0 Å². The molecule has 1 amide bonds. The molecule has 0 saturated heterocycles. The van der Waals surface area contributed by atoms with Crippen LogP contribution in [-0.4, -0.2) is 18.0 Å². The largest absolute Gasteiger partial charge is 0.459 e. The Hall–Kier alpha value is -1.36. The molecule has 1 N–H and O–H groups in total. The SMILES string of the molecule is CCCCCC(=O)Nc1sc2c(c1C(=O)OC(C)C)CCCCC2. The molecule has 1 heterocycles. The molecule has 0 aliphatic heterocycles. The molecular weight excluding hydrogens is 322 g/mol. The number of hydrogen-bond acceptors (Lipinski definition) is 4. The summed E-state index contributed by atoms with van der Waals surface area (Å²) in [4.78, 5) is 26.0. The first kappa shape index (κ1) is 19.0. The van der Waals surface area contributed by atoms with Crippen LogP contribution >= 0.6 is 11.3 Å². The van der Waals surface area contributed by atoms with E-state index in [2.05, 4.69) is 12.2 Å². The van der Waals surface area contributed by atoms with Crippen molar-refractivity contribution in [2.24, 2.45) is 0 Å². The Morgan fingerprint density at radius 2 is 1.92 bits per heavy atom. The number of esters is 1. The number of anilines is 1. The van der Waals surface area contributed by atoms with Gasteiger partial charge in [0.2, 0.25) is 5.91 Å². The Labute approximate surface area is 149 Å². The van der Waals surface area contributed by atoms with Gasteiger partial charge >= 0.3 is 5.97 Å². The van der Waals surface area contributed by atoms with Crippen LogP contribution in [0.3, 0.4) is 0 Å². The Morgan fingerprint density at radius 3 is 2.62 bits per heavy atom. The van der Waals surface area contributed by atoms with Crippen LogP contribution in [0.15, 0.2) is 0 Å². The summed E-state index contributed by atoms with van der Waals surface area (Å²) < 4.78 is 5.44. The van der Waals surface area contributed by atoms with Crippen LogP contribution in [0.2, 0.25) is 0 Å². The van der Waals surface area contributed by atoms with Gasteiger partial charge in [0.05, 0.1) is 11.7 Å². The number of carbonyl (C=O) groups excluding carboxylic acids is 2. The van der Waals surface area contributed by atoms with E-state index in [4.69, 9.17) is 4.74 Å². The number of fused-ring (bicyclic) bond motifs is 1. The van der Waals surface area contributed by atoms with E-state index in [0.717, 1.165) is 50.5 Å². The Morgan fingerprint density at radius 1 is 1.17 bits per heavy atom. The minimum Gasteiger partial charge on any atom is -0.459 e. The second-order valence-electron chi connectivity index (χ2n) is 6.73. The summed E-state index contributed by atoms with van der Waals surface area (Å²) in [5, 5.41) is 3.67. The lowest BCUT2D eigenvalue weighted by Gasteiger charge is -2.11. The molecule has 0 radical (unpaired) electrons. The molecule has 1 aliphatic rings. The van der Waals surface area contributed by atoms with Crippen molar-refractivity contribution in [1.82, 2.24) is 0 Å². The van der Waals surface area contributed by atoms with Crippen molar-refractivity contribution in [2.75, 3.05) is 5.32 Å². The smallest absolute Gasteiger partial charge is 0.341 e. The van der Waals surface area contributed by atoms with Crippen LogP contribution < -0.4 is 5.32 Å². The summed E-state index contributed by atoms with van der Waals surface area (Å²) in [6.07, 6.45) is 8.71. The predicted molar refractivity (Wildman–Crippen MR) is 98.9 cm³/mol. The van der Waals surface area contributed by atoms with E-state index in [1.54, 1.807) is 11.3 Å². The summed E-state index contributed by atoms with van der Waals surface area (Å²) in [7, 11) is 0. The van der Waals surface area contributed by atoms with Crippen LogP contribution in [0, 0.1) is 0 Å². The fraction of sp³-hybridized carbons (Fsp3) is 0.684. The number of rotatable bonds is 7. The van der Waals surface area contributed by atoms with Crippen molar-refractivity contribution < 1.29 is 14.3 Å². The molecule has 0 unspecified atom stereocenters. The van der Waals surface area contributed by atoms with Gasteiger partial charge < -0.3 is 10.1 Å². The minimum atomic E-state index is -0.298. The molecule has 24 heavy (non-hydrogen) atoms. The monoisotopic (exact) mass is 351 g/mol. The first-order valence-electron chi connectivity index (χ1n) is 9.18. The first-order valence-corrected chi connectivity index (χ1v) is 10.00. The molecule has 1 aromatic heterocycles. The number of hydrogen-bond donors (Lipinski definition) is 1. The van der Waals surface area contributed by atoms with E-state index in [9.17, 15) is 9.59 Å². The average Bonchev–Trinajstić information content (AvgIpc) is 2.68. The van der Waals surface area contributed by atoms with Gasteiger partial charge in [-0.05, 0) is 51.5 Å². The van der Waals surface area contributed by atoms with Crippen LogP contribution in [-0.2, 0) is 22.4 Å². The molecule has 0 bridgehead atoms. The molecule has 1 aromatic rings. The highest BCUT2D eigenvalue weighted by molar-refractivity contribution is 7.17. The number of ether oxygens (including phenoxy) is 1. The van der Waals surface area contributed by atoms with Crippen LogP contribution in [0.1, 0.15) is 86.5 Å². The maximum absolute atomic E-state index is 12.6. The van der Waals surface area contributed by atoms with E-state index < -0.39 is 0 Å². The second-order valence-corrected chi connectivity index (χ2v) is 7.83. The number of thiophene rings is 1. The molecule has 134 valence electrons. The number of aryl methyl sites for hydroxylation is 1. The normalized spacial score (nSPS) is 14.2. The van der Waals surface area contributed by atoms with Gasteiger partial charge in [0.25, 0.3) is 0 Å². The predicted octanol–water partition coefficient (Wildman–Crippen LogP) is 5.10. The first-order chi connectivity index (χ1) is 11.5. The zero-order chi connectivity index (χ0) is 17.5. The van der Waals surface area contributed by atoms with Gasteiger partial charge in [0.1, 0.15) is 5.00 Å². The highest BCUT2D eigenvalue weighted by Crippen LogP contribution is 2.38. The fourth-order valence-electron chi connectivity index (χ4n) is 3.04. The van der Waals surface area contributed by atoms with Crippen molar-refractivity contribution in [3.05, 3.63) is 16.0 Å². The summed E-state index contributed by atoms with van der Waals surface area (Å²) in [6.45, 7) is 5.83. The van der Waals surface area contributed by atoms with Crippen molar-refractivity contribution in [2.45, 2.75) is 84.7 Å². The lowest BCUT2D eigenvalue weighted by Crippen LogP contribution is -2.17. The van der Waals surface area contributed by atoms with E-state index in [1.807, 2.05) is 13.8 Å². The van der Waals surface area contributed by atoms with E-state index in [-0.39, 0.29) is 18.0 Å². The quantitative estimate of drug-likeness (QED) is 0.422. The van der Waals surface area contributed by atoms with E-state index in [0.29, 0.717) is 17.0 Å². The average molecular weight is 352 g/mol. The van der Waals surface area contributed by atoms with Gasteiger partial charge in [-0.15, -0.1) is 11.3 Å². The molecule has 0 saturated carbocycles. The molecule has 4 nitrogen and oxygen atoms in total. The van der Waals surface area contributed by atoms with Gasteiger partial charge in [-0.3, -0.25) is 4.79 Å². The molecule has 5 heteroatoms. The highest BCUT2D eigenvalue weighted by Gasteiger charge is 2.27. The van der Waals surface area contributed by atoms with Crippen LogP contribution in [0.25, 0.3) is 0 Å². The van der Waals surface area contributed by atoms with Gasteiger partial charge in [-0.1, -0.05) is 26.2 Å². The van der Waals surface area contributed by atoms with E-state index in [1.165, 1.54) is 11.3 Å². The topological polar surface area (TPSA) is 55.4 Å². The van der Waals surface area contributed by atoms with Gasteiger partial charge in [0, 0.05) is 11.3 Å². The Kier molecular flexibility index (Phi) is 7.28. The van der Waals surface area contributed by atoms with Crippen molar-refractivity contribution in [1.29, 1.82) is 0 Å². The number of carbonyl (C=O) groups is 2. The third-order valence-electron chi connectivity index (χ3n) is 4.23.